The molecule has 0 aromatic carbocycles. The number of hydrogen-bond donors (Lipinski definition) is 2. The van der Waals surface area contributed by atoms with Crippen molar-refractivity contribution in [3.05, 3.63) is 36.3 Å². The molecule has 114 valence electrons. The number of halogens is 3. The molecule has 2 aromatic rings. The van der Waals surface area contributed by atoms with E-state index in [1.807, 2.05) is 5.32 Å². The van der Waals surface area contributed by atoms with Gasteiger partial charge in [-0.25, -0.2) is 0 Å². The summed E-state index contributed by atoms with van der Waals surface area (Å²) in [5, 5.41) is 14.8. The maximum Gasteiger partial charge on any atom is 0.416 e. The van der Waals surface area contributed by atoms with E-state index in [1.165, 1.54) is 10.9 Å². The summed E-state index contributed by atoms with van der Waals surface area (Å²) in [5.74, 6) is -0.325. The number of amides is 1. The third kappa shape index (κ3) is 3.24. The van der Waals surface area contributed by atoms with Crippen molar-refractivity contribution < 1.29 is 23.1 Å². The van der Waals surface area contributed by atoms with Gasteiger partial charge in [0.05, 0.1) is 12.7 Å². The number of aliphatic hydroxyl groups is 1. The van der Waals surface area contributed by atoms with Gasteiger partial charge in [0, 0.05) is 19.4 Å². The number of aryl methyl sites for hydroxylation is 1. The molecule has 2 rings (SSSR count). The van der Waals surface area contributed by atoms with E-state index >= 15 is 0 Å². The lowest BCUT2D eigenvalue weighted by Gasteiger charge is -2.15. The van der Waals surface area contributed by atoms with E-state index in [-0.39, 0.29) is 5.56 Å². The van der Waals surface area contributed by atoms with Crippen LogP contribution in [-0.4, -0.2) is 44.2 Å². The Balaban J connectivity index is 2.14. The van der Waals surface area contributed by atoms with E-state index in [0.29, 0.717) is 5.82 Å². The number of nitrogens with one attached hydrogen (secondary N) is 1. The van der Waals surface area contributed by atoms with Crippen LogP contribution in [0.2, 0.25) is 0 Å². The monoisotopic (exact) mass is 302 g/mol. The van der Waals surface area contributed by atoms with Gasteiger partial charge in [0.2, 0.25) is 0 Å². The van der Waals surface area contributed by atoms with Crippen LogP contribution >= 0.6 is 0 Å². The van der Waals surface area contributed by atoms with Crippen LogP contribution in [0.3, 0.4) is 0 Å². The molecule has 0 saturated heterocycles. The zero-order valence-electron chi connectivity index (χ0n) is 11.0. The standard InChI is InChI=1S/C12H13F3N4O2/c1-18-11(19-4-2-3-5-19)8(6-17-18)10(21)16-7-9(20)12(13,14)15/h2-6,9,20H,7H2,1H3,(H,16,21). The summed E-state index contributed by atoms with van der Waals surface area (Å²) >= 11 is 0. The lowest BCUT2D eigenvalue weighted by molar-refractivity contribution is -0.201. The minimum atomic E-state index is -4.77. The third-order valence-electron chi connectivity index (χ3n) is 2.83. The van der Waals surface area contributed by atoms with Crippen LogP contribution in [0.4, 0.5) is 13.2 Å². The van der Waals surface area contributed by atoms with Gasteiger partial charge < -0.3 is 15.0 Å². The number of carbonyl (C=O) groups is 1. The van der Waals surface area contributed by atoms with E-state index in [1.54, 1.807) is 36.1 Å². The zero-order chi connectivity index (χ0) is 15.6. The average molecular weight is 302 g/mol. The van der Waals surface area contributed by atoms with Gasteiger partial charge in [-0.3, -0.25) is 9.48 Å². The van der Waals surface area contributed by atoms with E-state index in [9.17, 15) is 18.0 Å². The van der Waals surface area contributed by atoms with Crippen LogP contribution in [-0.2, 0) is 7.05 Å². The topological polar surface area (TPSA) is 72.1 Å². The predicted octanol–water partition coefficient (Wildman–Crippen LogP) is 0.864. The average Bonchev–Trinajstić information content (AvgIpc) is 3.02. The van der Waals surface area contributed by atoms with Gasteiger partial charge in [-0.2, -0.15) is 18.3 Å². The number of aromatic nitrogens is 3. The Morgan fingerprint density at radius 2 is 2.05 bits per heavy atom. The van der Waals surface area contributed by atoms with Crippen molar-refractivity contribution in [1.82, 2.24) is 19.7 Å². The van der Waals surface area contributed by atoms with E-state index in [0.717, 1.165) is 0 Å². The highest BCUT2D eigenvalue weighted by atomic mass is 19.4. The molecule has 2 aromatic heterocycles. The first-order chi connectivity index (χ1) is 9.80. The Morgan fingerprint density at radius 1 is 1.43 bits per heavy atom. The Kier molecular flexibility index (Phi) is 4.03. The van der Waals surface area contributed by atoms with Crippen LogP contribution in [0, 0.1) is 0 Å². The fraction of sp³-hybridized carbons (Fsp3) is 0.333. The van der Waals surface area contributed by atoms with Crippen molar-refractivity contribution in [1.29, 1.82) is 0 Å². The molecule has 6 nitrogen and oxygen atoms in total. The molecule has 0 fully saturated rings. The van der Waals surface area contributed by atoms with Crippen LogP contribution in [0.5, 0.6) is 0 Å². The Labute approximate surface area is 117 Å². The molecule has 0 aliphatic heterocycles. The van der Waals surface area contributed by atoms with Crippen molar-refractivity contribution in [3.63, 3.8) is 0 Å². The second-order valence-corrected chi connectivity index (χ2v) is 4.36. The highest BCUT2D eigenvalue weighted by molar-refractivity contribution is 5.97. The number of aliphatic hydroxyl groups excluding tert-OH is 1. The maximum absolute atomic E-state index is 12.2. The molecule has 0 aliphatic rings. The largest absolute Gasteiger partial charge is 0.416 e. The highest BCUT2D eigenvalue weighted by Crippen LogP contribution is 2.19. The third-order valence-corrected chi connectivity index (χ3v) is 2.83. The van der Waals surface area contributed by atoms with Crippen LogP contribution in [0.1, 0.15) is 10.4 Å². The first-order valence-electron chi connectivity index (χ1n) is 5.99. The lowest BCUT2D eigenvalue weighted by atomic mass is 10.2. The normalized spacial score (nSPS) is 13.2. The number of nitrogens with zero attached hydrogens (tertiary/aromatic N) is 3. The number of hydrogen-bond acceptors (Lipinski definition) is 3. The van der Waals surface area contributed by atoms with Crippen molar-refractivity contribution in [2.75, 3.05) is 6.54 Å². The van der Waals surface area contributed by atoms with Gasteiger partial charge in [0.15, 0.2) is 6.10 Å². The van der Waals surface area contributed by atoms with Gasteiger partial charge in [-0.05, 0) is 12.1 Å². The van der Waals surface area contributed by atoms with Crippen LogP contribution in [0.25, 0.3) is 5.82 Å². The summed E-state index contributed by atoms with van der Waals surface area (Å²) in [6.45, 7) is -0.914. The Morgan fingerprint density at radius 3 is 2.62 bits per heavy atom. The maximum atomic E-state index is 12.2. The summed E-state index contributed by atoms with van der Waals surface area (Å²) in [4.78, 5) is 11.9. The molecule has 0 radical (unpaired) electrons. The highest BCUT2D eigenvalue weighted by Gasteiger charge is 2.38. The molecular weight excluding hydrogens is 289 g/mol. The second kappa shape index (κ2) is 5.60. The quantitative estimate of drug-likeness (QED) is 0.880. The van der Waals surface area contributed by atoms with Gasteiger partial charge in [0.25, 0.3) is 5.91 Å². The molecule has 0 saturated carbocycles. The van der Waals surface area contributed by atoms with Gasteiger partial charge >= 0.3 is 6.18 Å². The van der Waals surface area contributed by atoms with E-state index < -0.39 is 24.7 Å². The SMILES string of the molecule is Cn1ncc(C(=O)NCC(O)C(F)(F)F)c1-n1cccc1. The molecule has 9 heteroatoms. The summed E-state index contributed by atoms with van der Waals surface area (Å²) in [5.41, 5.74) is 0.114. The van der Waals surface area contributed by atoms with Crippen molar-refractivity contribution in [2.45, 2.75) is 12.3 Å². The first kappa shape index (κ1) is 15.1. The summed E-state index contributed by atoms with van der Waals surface area (Å²) in [6, 6.07) is 3.48. The minimum Gasteiger partial charge on any atom is -0.382 e. The molecule has 0 spiro atoms. The fourth-order valence-electron chi connectivity index (χ4n) is 1.77. The molecule has 1 unspecified atom stereocenters. The Bertz CT molecular complexity index is 619. The van der Waals surface area contributed by atoms with Gasteiger partial charge in [-0.1, -0.05) is 0 Å². The Hall–Kier alpha value is -2.29. The summed E-state index contributed by atoms with van der Waals surface area (Å²) < 4.78 is 39.6. The number of rotatable bonds is 4. The molecule has 21 heavy (non-hydrogen) atoms. The van der Waals surface area contributed by atoms with Crippen molar-refractivity contribution >= 4 is 5.91 Å². The number of alkyl halides is 3. The molecular formula is C12H13F3N4O2. The second-order valence-electron chi connectivity index (χ2n) is 4.36. The summed E-state index contributed by atoms with van der Waals surface area (Å²) in [6.07, 6.45) is -2.76. The zero-order valence-corrected chi connectivity index (χ0v) is 11.0. The first-order valence-corrected chi connectivity index (χ1v) is 5.99. The van der Waals surface area contributed by atoms with Crippen molar-refractivity contribution in [3.8, 4) is 5.82 Å². The smallest absolute Gasteiger partial charge is 0.382 e. The van der Waals surface area contributed by atoms with Crippen LogP contribution < -0.4 is 5.32 Å². The molecule has 1 amide bonds. The predicted molar refractivity (Wildman–Crippen MR) is 66.9 cm³/mol. The van der Waals surface area contributed by atoms with E-state index in [2.05, 4.69) is 5.10 Å². The fourth-order valence-corrected chi connectivity index (χ4v) is 1.77. The molecule has 2 N–H and O–H groups in total. The molecule has 0 bridgehead atoms. The van der Waals surface area contributed by atoms with Crippen LogP contribution in [0.15, 0.2) is 30.7 Å². The minimum absolute atomic E-state index is 0.114. The molecule has 2 heterocycles. The van der Waals surface area contributed by atoms with Crippen molar-refractivity contribution in [2.24, 2.45) is 7.05 Å². The molecule has 0 aliphatic carbocycles. The van der Waals surface area contributed by atoms with E-state index in [4.69, 9.17) is 5.11 Å². The summed E-state index contributed by atoms with van der Waals surface area (Å²) in [7, 11) is 1.61. The molecule has 1 atom stereocenters. The van der Waals surface area contributed by atoms with Gasteiger partial charge in [0.1, 0.15) is 11.4 Å². The lowest BCUT2D eigenvalue weighted by Crippen LogP contribution is -2.40. The van der Waals surface area contributed by atoms with Gasteiger partial charge in [-0.15, -0.1) is 0 Å². The number of carbonyl (C=O) groups excluding carboxylic acids is 1.